The molecule has 0 aliphatic rings. The van der Waals surface area contributed by atoms with Gasteiger partial charge in [0.15, 0.2) is 5.82 Å². The number of hydrogen-bond acceptors (Lipinski definition) is 4. The molecule has 0 saturated carbocycles. The molecule has 4 nitrogen and oxygen atoms in total. The van der Waals surface area contributed by atoms with E-state index >= 15 is 0 Å². The molecule has 3 aromatic rings. The average molecular weight is 309 g/mol. The molecule has 1 amide bonds. The van der Waals surface area contributed by atoms with E-state index in [2.05, 4.69) is 15.3 Å². The summed E-state index contributed by atoms with van der Waals surface area (Å²) in [4.78, 5) is 20.5. The van der Waals surface area contributed by atoms with Crippen molar-refractivity contribution in [3.05, 3.63) is 70.7 Å². The lowest BCUT2D eigenvalue weighted by Crippen LogP contribution is -2.25. The third-order valence-electron chi connectivity index (χ3n) is 3.22. The van der Waals surface area contributed by atoms with Gasteiger partial charge in [-0.3, -0.25) is 4.79 Å². The zero-order valence-electron chi connectivity index (χ0n) is 11.9. The van der Waals surface area contributed by atoms with Crippen molar-refractivity contribution >= 4 is 17.2 Å². The Hall–Kier alpha value is -2.53. The Labute approximate surface area is 132 Å². The summed E-state index contributed by atoms with van der Waals surface area (Å²) in [5, 5.41) is 6.63. The summed E-state index contributed by atoms with van der Waals surface area (Å²) < 4.78 is 0. The summed E-state index contributed by atoms with van der Waals surface area (Å²) >= 11 is 1.52. The number of aromatic nitrogens is 2. The van der Waals surface area contributed by atoms with Gasteiger partial charge in [0.2, 0.25) is 0 Å². The second-order valence-corrected chi connectivity index (χ2v) is 5.58. The highest BCUT2D eigenvalue weighted by molar-refractivity contribution is 7.08. The minimum absolute atomic E-state index is 0.0388. The number of rotatable bonds is 5. The van der Waals surface area contributed by atoms with Gasteiger partial charge in [-0.2, -0.15) is 11.3 Å². The summed E-state index contributed by atoms with van der Waals surface area (Å²) in [5.74, 6) is 0.676. The lowest BCUT2D eigenvalue weighted by atomic mass is 10.2. The van der Waals surface area contributed by atoms with Crippen molar-refractivity contribution in [1.29, 1.82) is 0 Å². The normalized spacial score (nSPS) is 10.4. The second kappa shape index (κ2) is 6.95. The highest BCUT2D eigenvalue weighted by atomic mass is 32.1. The van der Waals surface area contributed by atoms with Crippen LogP contribution in [-0.4, -0.2) is 22.4 Å². The quantitative estimate of drug-likeness (QED) is 0.787. The van der Waals surface area contributed by atoms with E-state index in [4.69, 9.17) is 0 Å². The number of hydrogen-bond donors (Lipinski definition) is 1. The minimum atomic E-state index is -0.0388. The first-order valence-electron chi connectivity index (χ1n) is 6.99. The van der Waals surface area contributed by atoms with Crippen molar-refractivity contribution in [3.63, 3.8) is 0 Å². The Morgan fingerprint density at radius 2 is 1.86 bits per heavy atom. The molecule has 0 radical (unpaired) electrons. The molecule has 2 heterocycles. The average Bonchev–Trinajstić information content (AvgIpc) is 3.11. The number of nitrogens with one attached hydrogen (secondary N) is 1. The van der Waals surface area contributed by atoms with Crippen LogP contribution in [0.4, 0.5) is 0 Å². The number of benzene rings is 1. The molecule has 3 rings (SSSR count). The molecule has 0 aliphatic heterocycles. The molecular formula is C17H15N3OS. The molecule has 0 spiro atoms. The van der Waals surface area contributed by atoms with Crippen LogP contribution in [0.1, 0.15) is 15.9 Å². The Morgan fingerprint density at radius 3 is 2.55 bits per heavy atom. The van der Waals surface area contributed by atoms with Crippen molar-refractivity contribution in [2.24, 2.45) is 0 Å². The van der Waals surface area contributed by atoms with Gasteiger partial charge < -0.3 is 5.32 Å². The van der Waals surface area contributed by atoms with Gasteiger partial charge in [0.05, 0.1) is 0 Å². The molecule has 22 heavy (non-hydrogen) atoms. The zero-order chi connectivity index (χ0) is 15.2. The maximum absolute atomic E-state index is 11.8. The molecule has 5 heteroatoms. The number of thiophene rings is 1. The van der Waals surface area contributed by atoms with Gasteiger partial charge in [-0.05, 0) is 23.4 Å². The van der Waals surface area contributed by atoms with Crippen molar-refractivity contribution in [3.8, 4) is 11.4 Å². The number of nitrogens with zero attached hydrogens (tertiary/aromatic N) is 2. The zero-order valence-corrected chi connectivity index (χ0v) is 12.7. The van der Waals surface area contributed by atoms with Crippen molar-refractivity contribution in [1.82, 2.24) is 15.3 Å². The molecule has 1 N–H and O–H groups in total. The minimum Gasteiger partial charge on any atom is -0.352 e. The predicted molar refractivity (Wildman–Crippen MR) is 87.8 cm³/mol. The first-order chi connectivity index (χ1) is 10.8. The summed E-state index contributed by atoms with van der Waals surface area (Å²) in [5.41, 5.74) is 2.71. The highest BCUT2D eigenvalue weighted by Crippen LogP contribution is 2.13. The van der Waals surface area contributed by atoms with E-state index in [1.807, 2.05) is 59.6 Å². The number of carbonyl (C=O) groups excluding carboxylic acids is 1. The van der Waals surface area contributed by atoms with Gasteiger partial charge in [-0.1, -0.05) is 30.3 Å². The van der Waals surface area contributed by atoms with E-state index in [9.17, 15) is 4.79 Å². The second-order valence-electron chi connectivity index (χ2n) is 4.80. The summed E-state index contributed by atoms with van der Waals surface area (Å²) in [6.07, 6.45) is 4.34. The van der Waals surface area contributed by atoms with Gasteiger partial charge in [-0.15, -0.1) is 0 Å². The molecule has 110 valence electrons. The smallest absolute Gasteiger partial charge is 0.252 e. The molecule has 0 fully saturated rings. The maximum atomic E-state index is 11.8. The molecule has 0 saturated heterocycles. The SMILES string of the molecule is O=C(NCCc1cnc(-c2ccccc2)nc1)c1ccsc1. The number of amides is 1. The molecule has 0 atom stereocenters. The molecular weight excluding hydrogens is 294 g/mol. The van der Waals surface area contributed by atoms with Gasteiger partial charge in [0.1, 0.15) is 0 Å². The van der Waals surface area contributed by atoms with Crippen LogP contribution in [0.5, 0.6) is 0 Å². The fourth-order valence-corrected chi connectivity index (χ4v) is 2.67. The van der Waals surface area contributed by atoms with E-state index < -0.39 is 0 Å². The Kier molecular flexibility index (Phi) is 4.56. The largest absolute Gasteiger partial charge is 0.352 e. The summed E-state index contributed by atoms with van der Waals surface area (Å²) in [7, 11) is 0. The van der Waals surface area contributed by atoms with E-state index in [-0.39, 0.29) is 5.91 Å². The third-order valence-corrected chi connectivity index (χ3v) is 3.90. The van der Waals surface area contributed by atoms with Gasteiger partial charge in [-0.25, -0.2) is 9.97 Å². The van der Waals surface area contributed by atoms with Crippen LogP contribution in [0, 0.1) is 0 Å². The Balaban J connectivity index is 1.54. The van der Waals surface area contributed by atoms with Crippen molar-refractivity contribution < 1.29 is 4.79 Å². The standard InChI is InChI=1S/C17H15N3OS/c21-17(15-7-9-22-12-15)18-8-6-13-10-19-16(20-11-13)14-4-2-1-3-5-14/h1-5,7,9-12H,6,8H2,(H,18,21). The lowest BCUT2D eigenvalue weighted by molar-refractivity contribution is 0.0954. The Bertz CT molecular complexity index is 724. The fourth-order valence-electron chi connectivity index (χ4n) is 2.04. The first-order valence-corrected chi connectivity index (χ1v) is 7.94. The topological polar surface area (TPSA) is 54.9 Å². The third kappa shape index (κ3) is 3.56. The van der Waals surface area contributed by atoms with Crippen LogP contribution in [0.25, 0.3) is 11.4 Å². The van der Waals surface area contributed by atoms with Crippen LogP contribution in [0.2, 0.25) is 0 Å². The molecule has 0 bridgehead atoms. The molecule has 0 unspecified atom stereocenters. The van der Waals surface area contributed by atoms with E-state index in [0.29, 0.717) is 24.4 Å². The molecule has 2 aromatic heterocycles. The van der Waals surface area contributed by atoms with Gasteiger partial charge >= 0.3 is 0 Å². The monoisotopic (exact) mass is 309 g/mol. The first kappa shape index (κ1) is 14.4. The molecule has 0 aliphatic carbocycles. The van der Waals surface area contributed by atoms with Crippen molar-refractivity contribution in [2.75, 3.05) is 6.54 Å². The predicted octanol–water partition coefficient (Wildman–Crippen LogP) is 3.18. The van der Waals surface area contributed by atoms with Crippen LogP contribution >= 0.6 is 11.3 Å². The lowest BCUT2D eigenvalue weighted by Gasteiger charge is -2.05. The van der Waals surface area contributed by atoms with Gasteiger partial charge in [0, 0.05) is 35.4 Å². The van der Waals surface area contributed by atoms with Crippen LogP contribution in [0.3, 0.4) is 0 Å². The fraction of sp³-hybridized carbons (Fsp3) is 0.118. The van der Waals surface area contributed by atoms with Crippen molar-refractivity contribution in [2.45, 2.75) is 6.42 Å². The molecule has 1 aromatic carbocycles. The Morgan fingerprint density at radius 1 is 1.09 bits per heavy atom. The van der Waals surface area contributed by atoms with E-state index in [1.54, 1.807) is 0 Å². The van der Waals surface area contributed by atoms with E-state index in [1.165, 1.54) is 11.3 Å². The highest BCUT2D eigenvalue weighted by Gasteiger charge is 2.05. The van der Waals surface area contributed by atoms with Crippen LogP contribution in [0.15, 0.2) is 59.6 Å². The maximum Gasteiger partial charge on any atom is 0.252 e. The van der Waals surface area contributed by atoms with E-state index in [0.717, 1.165) is 11.1 Å². The van der Waals surface area contributed by atoms with Gasteiger partial charge in [0.25, 0.3) is 5.91 Å². The van der Waals surface area contributed by atoms with Crippen LogP contribution in [-0.2, 0) is 6.42 Å². The summed E-state index contributed by atoms with van der Waals surface area (Å²) in [6.45, 7) is 0.572. The van der Waals surface area contributed by atoms with Crippen LogP contribution < -0.4 is 5.32 Å². The summed E-state index contributed by atoms with van der Waals surface area (Å²) in [6, 6.07) is 11.7. The number of carbonyl (C=O) groups is 1.